The number of rotatable bonds is 11. The molecule has 0 unspecified atom stereocenters. The van der Waals surface area contributed by atoms with Crippen molar-refractivity contribution >= 4 is 11.6 Å². The van der Waals surface area contributed by atoms with Gasteiger partial charge in [-0.3, -0.25) is 9.69 Å². The quantitative estimate of drug-likeness (QED) is 0.341. The highest BCUT2D eigenvalue weighted by atomic mass is 35.5. The summed E-state index contributed by atoms with van der Waals surface area (Å²) in [5, 5.41) is 0.636. The lowest BCUT2D eigenvalue weighted by Crippen LogP contribution is -2.50. The Bertz CT molecular complexity index is 1200. The van der Waals surface area contributed by atoms with Crippen LogP contribution in [0.3, 0.4) is 0 Å². The Kier molecular flexibility index (Phi) is 9.63. The summed E-state index contributed by atoms with van der Waals surface area (Å²) in [6.07, 6.45) is 2.64. The number of nitrogens with zero attached hydrogens (tertiary/aromatic N) is 2. The minimum Gasteiger partial charge on any atom is -0.494 e. The summed E-state index contributed by atoms with van der Waals surface area (Å²) in [6, 6.07) is 19.0. The molecule has 8 heteroatoms. The van der Waals surface area contributed by atoms with Gasteiger partial charge in [0.15, 0.2) is 0 Å². The average Bonchev–Trinajstić information content (AvgIpc) is 3.11. The van der Waals surface area contributed by atoms with Crippen molar-refractivity contribution in [3.8, 4) is 11.5 Å². The fourth-order valence-electron chi connectivity index (χ4n) is 4.36. The van der Waals surface area contributed by atoms with E-state index in [4.69, 9.17) is 30.5 Å². The van der Waals surface area contributed by atoms with Crippen LogP contribution in [0.2, 0.25) is 5.02 Å². The van der Waals surface area contributed by atoms with Crippen LogP contribution >= 0.6 is 11.6 Å². The van der Waals surface area contributed by atoms with E-state index in [-0.39, 0.29) is 5.56 Å². The predicted octanol–water partition coefficient (Wildman–Crippen LogP) is 4.58. The predicted molar refractivity (Wildman–Crippen MR) is 145 cm³/mol. The lowest BCUT2D eigenvalue weighted by molar-refractivity contribution is -0.0925. The van der Waals surface area contributed by atoms with Crippen molar-refractivity contribution in [1.82, 2.24) is 9.47 Å². The fourth-order valence-corrected chi connectivity index (χ4v) is 4.54. The molecule has 0 N–H and O–H groups in total. The molecule has 1 aromatic heterocycles. The van der Waals surface area contributed by atoms with Crippen LogP contribution in [0.15, 0.2) is 71.7 Å². The zero-order chi connectivity index (χ0) is 26.1. The largest absolute Gasteiger partial charge is 0.494 e. The minimum atomic E-state index is -0.582. The van der Waals surface area contributed by atoms with Crippen LogP contribution < -0.4 is 15.0 Å². The first kappa shape index (κ1) is 27.2. The fraction of sp³-hybridized carbons (Fsp3) is 0.414. The summed E-state index contributed by atoms with van der Waals surface area (Å²) in [7, 11) is 1.70. The molecule has 198 valence electrons. The van der Waals surface area contributed by atoms with Crippen LogP contribution in [0.4, 0.5) is 0 Å². The molecule has 0 saturated carbocycles. The van der Waals surface area contributed by atoms with E-state index in [2.05, 4.69) is 17.0 Å². The summed E-state index contributed by atoms with van der Waals surface area (Å²) in [6.45, 7) is 6.87. The highest BCUT2D eigenvalue weighted by molar-refractivity contribution is 6.30. The van der Waals surface area contributed by atoms with Gasteiger partial charge in [-0.2, -0.15) is 0 Å². The molecule has 3 aromatic rings. The first-order valence-corrected chi connectivity index (χ1v) is 12.9. The van der Waals surface area contributed by atoms with Crippen LogP contribution in [-0.2, 0) is 22.6 Å². The van der Waals surface area contributed by atoms with Crippen LogP contribution in [0.25, 0.3) is 0 Å². The summed E-state index contributed by atoms with van der Waals surface area (Å²) in [5.41, 5.74) is 1.69. The summed E-state index contributed by atoms with van der Waals surface area (Å²) >= 11 is 6.09. The van der Waals surface area contributed by atoms with E-state index in [1.54, 1.807) is 23.8 Å². The molecule has 37 heavy (non-hydrogen) atoms. The number of aryl methyl sites for hydroxylation is 2. The number of halogens is 1. The Hall–Kier alpha value is -2.84. The average molecular weight is 527 g/mol. The maximum absolute atomic E-state index is 11.9. The van der Waals surface area contributed by atoms with E-state index in [0.29, 0.717) is 50.3 Å². The van der Waals surface area contributed by atoms with Gasteiger partial charge in [-0.25, -0.2) is 0 Å². The number of benzene rings is 2. The molecule has 0 spiro atoms. The van der Waals surface area contributed by atoms with E-state index in [1.807, 2.05) is 49.5 Å². The molecule has 0 aliphatic carbocycles. The molecule has 2 aromatic carbocycles. The normalized spacial score (nSPS) is 18.4. The van der Waals surface area contributed by atoms with E-state index in [0.717, 1.165) is 30.8 Å². The zero-order valence-electron chi connectivity index (χ0n) is 21.5. The zero-order valence-corrected chi connectivity index (χ0v) is 22.3. The maximum Gasteiger partial charge on any atom is 0.250 e. The molecular weight excluding hydrogens is 492 g/mol. The second-order valence-electron chi connectivity index (χ2n) is 9.48. The standard InChI is InChI=1S/C29H35ClN2O5/c1-23-7-12-28(33)32(18-23)13-4-15-36-26-10-8-24(9-11-26)19-31-14-16-35-21-29(20-31,34-2)22-37-27-6-3-5-25(30)17-27/h3,5-12,17-18H,4,13-16,19-22H2,1-2H3/t29-/m0/s1. The number of methoxy groups -OCH3 is 1. The minimum absolute atomic E-state index is 0.0161. The van der Waals surface area contributed by atoms with Gasteiger partial charge in [-0.1, -0.05) is 35.9 Å². The van der Waals surface area contributed by atoms with Crippen molar-refractivity contribution in [3.05, 3.63) is 93.4 Å². The van der Waals surface area contributed by atoms with Crippen molar-refractivity contribution in [2.45, 2.75) is 32.0 Å². The van der Waals surface area contributed by atoms with Gasteiger partial charge in [-0.15, -0.1) is 0 Å². The molecule has 0 amide bonds. The molecule has 1 aliphatic rings. The summed E-state index contributed by atoms with van der Waals surface area (Å²) in [5.74, 6) is 1.53. The molecule has 1 saturated heterocycles. The van der Waals surface area contributed by atoms with E-state index in [1.165, 1.54) is 5.56 Å². The third-order valence-corrected chi connectivity index (χ3v) is 6.67. The number of hydrogen-bond acceptors (Lipinski definition) is 6. The van der Waals surface area contributed by atoms with Crippen molar-refractivity contribution in [1.29, 1.82) is 0 Å². The highest BCUT2D eigenvalue weighted by Crippen LogP contribution is 2.23. The van der Waals surface area contributed by atoms with Gasteiger partial charge in [0.2, 0.25) is 0 Å². The summed E-state index contributed by atoms with van der Waals surface area (Å²) in [4.78, 5) is 14.2. The Morgan fingerprint density at radius 2 is 1.89 bits per heavy atom. The molecular formula is C29H35ClN2O5. The number of ether oxygens (including phenoxy) is 4. The Morgan fingerprint density at radius 1 is 1.05 bits per heavy atom. The number of pyridine rings is 1. The second-order valence-corrected chi connectivity index (χ2v) is 9.92. The van der Waals surface area contributed by atoms with Gasteiger partial charge < -0.3 is 23.5 Å². The molecule has 1 fully saturated rings. The molecule has 4 rings (SSSR count). The van der Waals surface area contributed by atoms with Crippen LogP contribution in [0.1, 0.15) is 17.5 Å². The van der Waals surface area contributed by atoms with Crippen molar-refractivity contribution in [3.63, 3.8) is 0 Å². The summed E-state index contributed by atoms with van der Waals surface area (Å²) < 4.78 is 25.5. The molecule has 1 aliphatic heterocycles. The van der Waals surface area contributed by atoms with Gasteiger partial charge in [0.25, 0.3) is 5.56 Å². The lowest BCUT2D eigenvalue weighted by Gasteiger charge is -2.34. The number of hydrogen-bond donors (Lipinski definition) is 0. The third kappa shape index (κ3) is 8.07. The SMILES string of the molecule is CO[C@]1(COc2cccc(Cl)c2)COCCN(Cc2ccc(OCCCn3cc(C)ccc3=O)cc2)C1. The molecule has 7 nitrogen and oxygen atoms in total. The van der Waals surface area contributed by atoms with Crippen LogP contribution in [-0.4, -0.2) is 61.7 Å². The van der Waals surface area contributed by atoms with E-state index >= 15 is 0 Å². The first-order valence-electron chi connectivity index (χ1n) is 12.6. The van der Waals surface area contributed by atoms with Gasteiger partial charge in [0.1, 0.15) is 23.7 Å². The van der Waals surface area contributed by atoms with Gasteiger partial charge >= 0.3 is 0 Å². The van der Waals surface area contributed by atoms with Crippen molar-refractivity contribution < 1.29 is 18.9 Å². The Labute approximate surface area is 223 Å². The van der Waals surface area contributed by atoms with E-state index in [9.17, 15) is 4.79 Å². The highest BCUT2D eigenvalue weighted by Gasteiger charge is 2.36. The topological polar surface area (TPSA) is 62.2 Å². The Morgan fingerprint density at radius 3 is 2.68 bits per heavy atom. The van der Waals surface area contributed by atoms with Gasteiger partial charge in [0, 0.05) is 50.6 Å². The molecule has 2 heterocycles. The number of aromatic nitrogens is 1. The monoisotopic (exact) mass is 526 g/mol. The van der Waals surface area contributed by atoms with Crippen molar-refractivity contribution in [2.75, 3.05) is 46.6 Å². The molecule has 0 radical (unpaired) electrons. The molecule has 0 bridgehead atoms. The van der Waals surface area contributed by atoms with Crippen LogP contribution in [0.5, 0.6) is 11.5 Å². The Balaban J connectivity index is 1.28. The lowest BCUT2D eigenvalue weighted by atomic mass is 10.1. The first-order chi connectivity index (χ1) is 17.9. The van der Waals surface area contributed by atoms with E-state index < -0.39 is 5.60 Å². The molecule has 1 atom stereocenters. The van der Waals surface area contributed by atoms with Gasteiger partial charge in [-0.05, 0) is 54.8 Å². The van der Waals surface area contributed by atoms with Crippen molar-refractivity contribution in [2.24, 2.45) is 0 Å². The maximum atomic E-state index is 11.9. The smallest absolute Gasteiger partial charge is 0.250 e. The van der Waals surface area contributed by atoms with Gasteiger partial charge in [0.05, 0.1) is 19.8 Å². The second kappa shape index (κ2) is 13.1. The van der Waals surface area contributed by atoms with Crippen LogP contribution in [0, 0.1) is 6.92 Å². The third-order valence-electron chi connectivity index (χ3n) is 6.43.